The fraction of sp³-hybridized carbons (Fsp3) is 0.350. The summed E-state index contributed by atoms with van der Waals surface area (Å²) in [5.41, 5.74) is 7.59. The van der Waals surface area contributed by atoms with Gasteiger partial charge in [-0.15, -0.1) is 11.3 Å². The summed E-state index contributed by atoms with van der Waals surface area (Å²) in [4.78, 5) is 38.9. The second-order valence-electron chi connectivity index (χ2n) is 6.83. The van der Waals surface area contributed by atoms with Crippen LogP contribution in [0.4, 0.5) is 9.39 Å². The summed E-state index contributed by atoms with van der Waals surface area (Å²) in [7, 11) is 0. The van der Waals surface area contributed by atoms with Crippen LogP contribution in [0.3, 0.4) is 0 Å². The number of amides is 3. The van der Waals surface area contributed by atoms with Gasteiger partial charge in [-0.1, -0.05) is 12.1 Å². The molecule has 0 fully saturated rings. The first kappa shape index (κ1) is 20.0. The number of carbonyl (C=O) groups excluding carboxylic acids is 3. The molecule has 0 saturated heterocycles. The molecule has 3 amide bonds. The predicted molar refractivity (Wildman–Crippen MR) is 106 cm³/mol. The minimum absolute atomic E-state index is 0.173. The summed E-state index contributed by atoms with van der Waals surface area (Å²) in [5, 5.41) is 3.21. The summed E-state index contributed by atoms with van der Waals surface area (Å²) < 4.78 is 13.1. The zero-order chi connectivity index (χ0) is 20.3. The first-order valence-corrected chi connectivity index (χ1v) is 9.91. The molecule has 3 N–H and O–H groups in total. The molecule has 0 saturated carbocycles. The molecule has 0 atom stereocenters. The number of fused-ring (bicyclic) bond motifs is 1. The number of aryl methyl sites for hydroxylation is 1. The van der Waals surface area contributed by atoms with E-state index in [2.05, 4.69) is 5.32 Å². The minimum atomic E-state index is -0.551. The molecule has 2 aromatic rings. The molecule has 0 unspecified atom stereocenters. The molecule has 6 nitrogen and oxygen atoms in total. The Morgan fingerprint density at radius 3 is 2.50 bits per heavy atom. The normalized spacial score (nSPS) is 12.9. The largest absolute Gasteiger partial charge is 0.365 e. The number of hydrogen-bond donors (Lipinski definition) is 2. The molecule has 3 rings (SSSR count). The number of benzene rings is 1. The van der Waals surface area contributed by atoms with E-state index >= 15 is 0 Å². The second-order valence-corrected chi connectivity index (χ2v) is 7.93. The summed E-state index contributed by atoms with van der Waals surface area (Å²) in [6.07, 6.45) is 3.70. The molecule has 1 aliphatic rings. The molecule has 28 heavy (non-hydrogen) atoms. The van der Waals surface area contributed by atoms with E-state index in [-0.39, 0.29) is 24.8 Å². The number of nitrogens with one attached hydrogen (secondary N) is 1. The molecule has 1 aromatic heterocycles. The summed E-state index contributed by atoms with van der Waals surface area (Å²) >= 11 is 1.38. The Balaban J connectivity index is 1.73. The van der Waals surface area contributed by atoms with Crippen molar-refractivity contribution in [3.05, 3.63) is 51.7 Å². The van der Waals surface area contributed by atoms with E-state index in [4.69, 9.17) is 5.73 Å². The number of anilines is 1. The van der Waals surface area contributed by atoms with Gasteiger partial charge >= 0.3 is 0 Å². The lowest BCUT2D eigenvalue weighted by Gasteiger charge is -2.20. The number of carbonyl (C=O) groups is 3. The van der Waals surface area contributed by atoms with Crippen LogP contribution < -0.4 is 11.1 Å². The number of nitrogens with zero attached hydrogens (tertiary/aromatic N) is 1. The lowest BCUT2D eigenvalue weighted by molar-refractivity contribution is -0.133. The van der Waals surface area contributed by atoms with Crippen LogP contribution in [0.2, 0.25) is 0 Å². The molecule has 1 aliphatic carbocycles. The maximum Gasteiger partial charge on any atom is 0.251 e. The van der Waals surface area contributed by atoms with Crippen molar-refractivity contribution in [2.24, 2.45) is 5.73 Å². The van der Waals surface area contributed by atoms with Crippen LogP contribution in [0.5, 0.6) is 0 Å². The van der Waals surface area contributed by atoms with E-state index in [1.807, 2.05) is 0 Å². The fourth-order valence-electron chi connectivity index (χ4n) is 3.34. The van der Waals surface area contributed by atoms with Gasteiger partial charge in [0.05, 0.1) is 5.56 Å². The van der Waals surface area contributed by atoms with E-state index in [9.17, 15) is 18.8 Å². The molecular weight excluding hydrogens is 381 g/mol. The highest BCUT2D eigenvalue weighted by Crippen LogP contribution is 2.37. The van der Waals surface area contributed by atoms with Crippen LogP contribution in [0.25, 0.3) is 0 Å². The van der Waals surface area contributed by atoms with Crippen LogP contribution in [-0.2, 0) is 29.0 Å². The SMILES string of the molecule is CC(=O)N(CC(=O)Nc1sc2c(c1C(N)=O)CCCC2)Cc1ccc(F)cc1. The van der Waals surface area contributed by atoms with Crippen molar-refractivity contribution in [3.63, 3.8) is 0 Å². The van der Waals surface area contributed by atoms with Gasteiger partial charge in [-0.2, -0.15) is 0 Å². The first-order chi connectivity index (χ1) is 13.3. The van der Waals surface area contributed by atoms with Gasteiger partial charge in [0.2, 0.25) is 11.8 Å². The molecule has 0 radical (unpaired) electrons. The lowest BCUT2D eigenvalue weighted by Crippen LogP contribution is -2.36. The molecule has 8 heteroatoms. The van der Waals surface area contributed by atoms with E-state index in [0.29, 0.717) is 16.1 Å². The zero-order valence-electron chi connectivity index (χ0n) is 15.6. The van der Waals surface area contributed by atoms with Crippen molar-refractivity contribution in [1.82, 2.24) is 4.90 Å². The third kappa shape index (κ3) is 4.56. The van der Waals surface area contributed by atoms with Crippen molar-refractivity contribution in [2.75, 3.05) is 11.9 Å². The van der Waals surface area contributed by atoms with Gasteiger partial charge in [0, 0.05) is 18.3 Å². The summed E-state index contributed by atoms with van der Waals surface area (Å²) in [6.45, 7) is 1.38. The number of hydrogen-bond acceptors (Lipinski definition) is 4. The Kier molecular flexibility index (Phi) is 6.08. The number of thiophene rings is 1. The van der Waals surface area contributed by atoms with Gasteiger partial charge in [-0.25, -0.2) is 4.39 Å². The van der Waals surface area contributed by atoms with Crippen LogP contribution in [0.15, 0.2) is 24.3 Å². The third-order valence-electron chi connectivity index (χ3n) is 4.74. The molecular formula is C20H22FN3O3S. The number of primary amides is 1. The quantitative estimate of drug-likeness (QED) is 0.777. The highest BCUT2D eigenvalue weighted by molar-refractivity contribution is 7.17. The van der Waals surface area contributed by atoms with E-state index in [0.717, 1.165) is 36.1 Å². The maximum absolute atomic E-state index is 13.1. The Morgan fingerprint density at radius 2 is 1.86 bits per heavy atom. The third-order valence-corrected chi connectivity index (χ3v) is 5.94. The minimum Gasteiger partial charge on any atom is -0.365 e. The van der Waals surface area contributed by atoms with E-state index < -0.39 is 11.8 Å². The highest BCUT2D eigenvalue weighted by atomic mass is 32.1. The first-order valence-electron chi connectivity index (χ1n) is 9.09. The Morgan fingerprint density at radius 1 is 1.18 bits per heavy atom. The zero-order valence-corrected chi connectivity index (χ0v) is 16.4. The van der Waals surface area contributed by atoms with Crippen LogP contribution in [0.1, 0.15) is 46.1 Å². The monoisotopic (exact) mass is 403 g/mol. The van der Waals surface area contributed by atoms with Gasteiger partial charge in [0.1, 0.15) is 17.4 Å². The van der Waals surface area contributed by atoms with Gasteiger partial charge in [-0.3, -0.25) is 14.4 Å². The van der Waals surface area contributed by atoms with E-state index in [1.54, 1.807) is 12.1 Å². The van der Waals surface area contributed by atoms with Gasteiger partial charge in [0.25, 0.3) is 5.91 Å². The second kappa shape index (κ2) is 8.52. The highest BCUT2D eigenvalue weighted by Gasteiger charge is 2.25. The average molecular weight is 403 g/mol. The maximum atomic E-state index is 13.1. The molecule has 1 heterocycles. The summed E-state index contributed by atoms with van der Waals surface area (Å²) in [5.74, 6) is -1.60. The Hall–Kier alpha value is -2.74. The van der Waals surface area contributed by atoms with Crippen LogP contribution >= 0.6 is 11.3 Å². The molecule has 0 spiro atoms. The number of nitrogens with two attached hydrogens (primary N) is 1. The molecule has 0 aliphatic heterocycles. The lowest BCUT2D eigenvalue weighted by atomic mass is 9.95. The van der Waals surface area contributed by atoms with Crippen molar-refractivity contribution in [1.29, 1.82) is 0 Å². The summed E-state index contributed by atoms with van der Waals surface area (Å²) in [6, 6.07) is 5.76. The molecule has 0 bridgehead atoms. The smallest absolute Gasteiger partial charge is 0.251 e. The van der Waals surface area contributed by atoms with Crippen molar-refractivity contribution >= 4 is 34.1 Å². The predicted octanol–water partition coefficient (Wildman–Crippen LogP) is 2.85. The fourth-order valence-corrected chi connectivity index (χ4v) is 4.65. The Labute approximate surface area is 166 Å². The molecule has 148 valence electrons. The van der Waals surface area contributed by atoms with Gasteiger partial charge < -0.3 is 16.0 Å². The van der Waals surface area contributed by atoms with Gasteiger partial charge in [-0.05, 0) is 48.9 Å². The number of rotatable bonds is 6. The van der Waals surface area contributed by atoms with E-state index in [1.165, 1.54) is 35.3 Å². The van der Waals surface area contributed by atoms with Crippen LogP contribution in [-0.4, -0.2) is 29.2 Å². The Bertz CT molecular complexity index is 908. The van der Waals surface area contributed by atoms with Crippen molar-refractivity contribution < 1.29 is 18.8 Å². The van der Waals surface area contributed by atoms with Crippen molar-refractivity contribution in [3.8, 4) is 0 Å². The number of halogens is 1. The average Bonchev–Trinajstić information content (AvgIpc) is 3.00. The topological polar surface area (TPSA) is 92.5 Å². The van der Waals surface area contributed by atoms with Crippen LogP contribution in [0, 0.1) is 5.82 Å². The van der Waals surface area contributed by atoms with Gasteiger partial charge in [0.15, 0.2) is 0 Å². The standard InChI is InChI=1S/C20H22FN3O3S/c1-12(25)24(10-13-6-8-14(21)9-7-13)11-17(26)23-20-18(19(22)27)15-4-2-3-5-16(15)28-20/h6-9H,2-5,10-11H2,1H3,(H2,22,27)(H,23,26). The molecule has 1 aromatic carbocycles. The van der Waals surface area contributed by atoms with Crippen molar-refractivity contribution in [2.45, 2.75) is 39.2 Å².